The van der Waals surface area contributed by atoms with Gasteiger partial charge in [-0.1, -0.05) is 38.4 Å². The van der Waals surface area contributed by atoms with Crippen LogP contribution in [-0.2, 0) is 4.43 Å². The molecule has 3 rings (SSSR count). The number of halogens is 1. The highest BCUT2D eigenvalue weighted by Gasteiger charge is 2.36. The number of rotatable bonds is 9. The Morgan fingerprint density at radius 3 is 2.22 bits per heavy atom. The lowest BCUT2D eigenvalue weighted by Gasteiger charge is -2.36. The SMILES string of the molecule is Cc1ccc(C(=O)Nc2ccc(NCCO[Si](C)(C)C(C)(C)C)cc2)c(NC(=O)c2ccc(Cl)s2)c1. The third-order valence-corrected chi connectivity index (χ3v) is 12.1. The minimum Gasteiger partial charge on any atom is -0.415 e. The van der Waals surface area contributed by atoms with Crippen molar-refractivity contribution >= 4 is 60.1 Å². The smallest absolute Gasteiger partial charge is 0.265 e. The molecule has 1 heterocycles. The van der Waals surface area contributed by atoms with Gasteiger partial charge < -0.3 is 20.4 Å². The first kappa shape index (κ1) is 27.9. The van der Waals surface area contributed by atoms with Crippen molar-refractivity contribution in [3.63, 3.8) is 0 Å². The number of carbonyl (C=O) groups excluding carboxylic acids is 2. The molecule has 0 aliphatic rings. The summed E-state index contributed by atoms with van der Waals surface area (Å²) >= 11 is 7.14. The molecule has 0 bridgehead atoms. The van der Waals surface area contributed by atoms with Gasteiger partial charge in [0, 0.05) is 17.9 Å². The van der Waals surface area contributed by atoms with E-state index in [9.17, 15) is 9.59 Å². The van der Waals surface area contributed by atoms with Gasteiger partial charge in [0.25, 0.3) is 11.8 Å². The van der Waals surface area contributed by atoms with Crippen molar-refractivity contribution in [1.29, 1.82) is 0 Å². The molecule has 9 heteroatoms. The maximum absolute atomic E-state index is 13.0. The summed E-state index contributed by atoms with van der Waals surface area (Å²) in [5.41, 5.74) is 3.36. The molecule has 0 radical (unpaired) electrons. The van der Waals surface area contributed by atoms with Crippen LogP contribution in [0.25, 0.3) is 0 Å². The molecule has 0 unspecified atom stereocenters. The van der Waals surface area contributed by atoms with Gasteiger partial charge in [-0.3, -0.25) is 9.59 Å². The molecule has 0 atom stereocenters. The first-order valence-corrected chi connectivity index (χ1v) is 15.9. The van der Waals surface area contributed by atoms with Gasteiger partial charge in [-0.2, -0.15) is 0 Å². The van der Waals surface area contributed by atoms with Gasteiger partial charge in [-0.05, 0) is 79.2 Å². The Balaban J connectivity index is 1.59. The molecule has 36 heavy (non-hydrogen) atoms. The van der Waals surface area contributed by atoms with E-state index in [1.807, 2.05) is 37.3 Å². The number of hydrogen-bond acceptors (Lipinski definition) is 5. The van der Waals surface area contributed by atoms with Crippen LogP contribution >= 0.6 is 22.9 Å². The van der Waals surface area contributed by atoms with Crippen LogP contribution < -0.4 is 16.0 Å². The van der Waals surface area contributed by atoms with Crippen molar-refractivity contribution in [2.45, 2.75) is 45.8 Å². The number of hydrogen-bond donors (Lipinski definition) is 3. The van der Waals surface area contributed by atoms with Crippen molar-refractivity contribution in [3.05, 3.63) is 74.9 Å². The lowest BCUT2D eigenvalue weighted by atomic mass is 10.1. The molecule has 3 aromatic rings. The number of anilines is 3. The first-order valence-electron chi connectivity index (χ1n) is 11.8. The zero-order chi connectivity index (χ0) is 26.5. The molecular weight excluding hydrogens is 510 g/mol. The molecule has 6 nitrogen and oxygen atoms in total. The van der Waals surface area contributed by atoms with E-state index in [1.54, 1.807) is 24.3 Å². The summed E-state index contributed by atoms with van der Waals surface area (Å²) in [7, 11) is -1.76. The average Bonchev–Trinajstić information content (AvgIpc) is 3.23. The van der Waals surface area contributed by atoms with Crippen LogP contribution in [0.4, 0.5) is 17.1 Å². The summed E-state index contributed by atoms with van der Waals surface area (Å²) in [4.78, 5) is 26.1. The molecule has 0 aliphatic carbocycles. The third kappa shape index (κ3) is 7.43. The molecule has 1 aromatic heterocycles. The predicted molar refractivity (Wildman–Crippen MR) is 154 cm³/mol. The van der Waals surface area contributed by atoms with E-state index >= 15 is 0 Å². The van der Waals surface area contributed by atoms with Crippen molar-refractivity contribution in [1.82, 2.24) is 0 Å². The van der Waals surface area contributed by atoms with Gasteiger partial charge in [0.2, 0.25) is 0 Å². The van der Waals surface area contributed by atoms with Crippen molar-refractivity contribution in [3.8, 4) is 0 Å². The Hall–Kier alpha value is -2.65. The van der Waals surface area contributed by atoms with E-state index in [-0.39, 0.29) is 16.9 Å². The monoisotopic (exact) mass is 543 g/mol. The normalized spacial score (nSPS) is 11.8. The van der Waals surface area contributed by atoms with E-state index in [2.05, 4.69) is 49.8 Å². The van der Waals surface area contributed by atoms with Gasteiger partial charge in [-0.25, -0.2) is 0 Å². The number of thiophene rings is 1. The van der Waals surface area contributed by atoms with E-state index in [0.29, 0.717) is 39.3 Å². The topological polar surface area (TPSA) is 79.5 Å². The number of carbonyl (C=O) groups is 2. The molecule has 3 N–H and O–H groups in total. The summed E-state index contributed by atoms with van der Waals surface area (Å²) in [5, 5.41) is 9.30. The van der Waals surface area contributed by atoms with Crippen LogP contribution in [0.3, 0.4) is 0 Å². The molecular formula is C27H34ClN3O3SSi. The van der Waals surface area contributed by atoms with Gasteiger partial charge in [0.1, 0.15) is 0 Å². The highest BCUT2D eigenvalue weighted by atomic mass is 35.5. The minimum atomic E-state index is -1.76. The highest BCUT2D eigenvalue weighted by Crippen LogP contribution is 2.36. The molecule has 0 aliphatic heterocycles. The van der Waals surface area contributed by atoms with Gasteiger partial charge >= 0.3 is 0 Å². The maximum Gasteiger partial charge on any atom is 0.265 e. The Bertz CT molecular complexity index is 1220. The lowest BCUT2D eigenvalue weighted by molar-refractivity contribution is 0.102. The molecule has 0 fully saturated rings. The average molecular weight is 544 g/mol. The molecule has 0 spiro atoms. The van der Waals surface area contributed by atoms with Gasteiger partial charge in [-0.15, -0.1) is 11.3 Å². The Morgan fingerprint density at radius 1 is 0.944 bits per heavy atom. The van der Waals surface area contributed by atoms with Crippen molar-refractivity contribution < 1.29 is 14.0 Å². The lowest BCUT2D eigenvalue weighted by Crippen LogP contribution is -2.41. The Morgan fingerprint density at radius 2 is 1.61 bits per heavy atom. The van der Waals surface area contributed by atoms with Crippen molar-refractivity contribution in [2.24, 2.45) is 0 Å². The zero-order valence-corrected chi connectivity index (χ0v) is 24.2. The molecule has 2 aromatic carbocycles. The first-order chi connectivity index (χ1) is 16.9. The largest absolute Gasteiger partial charge is 0.415 e. The number of amides is 2. The summed E-state index contributed by atoms with van der Waals surface area (Å²) < 4.78 is 6.73. The van der Waals surface area contributed by atoms with E-state index < -0.39 is 8.32 Å². The van der Waals surface area contributed by atoms with E-state index in [1.165, 1.54) is 11.3 Å². The molecule has 0 saturated heterocycles. The fourth-order valence-electron chi connectivity index (χ4n) is 3.17. The van der Waals surface area contributed by atoms with Crippen LogP contribution in [-0.4, -0.2) is 33.3 Å². The predicted octanol–water partition coefficient (Wildman–Crippen LogP) is 7.65. The van der Waals surface area contributed by atoms with E-state index in [4.69, 9.17) is 16.0 Å². The second kappa shape index (κ2) is 11.6. The fraction of sp³-hybridized carbons (Fsp3) is 0.333. The van der Waals surface area contributed by atoms with E-state index in [0.717, 1.165) is 11.3 Å². The fourth-order valence-corrected chi connectivity index (χ4v) is 5.15. The minimum absolute atomic E-state index is 0.185. The van der Waals surface area contributed by atoms with Crippen LogP contribution in [0.2, 0.25) is 22.5 Å². The number of nitrogens with one attached hydrogen (secondary N) is 3. The number of aryl methyl sites for hydroxylation is 1. The van der Waals surface area contributed by atoms with Crippen LogP contribution in [0.1, 0.15) is 46.4 Å². The van der Waals surface area contributed by atoms with Crippen LogP contribution in [0.5, 0.6) is 0 Å². The van der Waals surface area contributed by atoms with Crippen molar-refractivity contribution in [2.75, 3.05) is 29.1 Å². The Labute approximate surface area is 223 Å². The quantitative estimate of drug-likeness (QED) is 0.191. The zero-order valence-electron chi connectivity index (χ0n) is 21.6. The van der Waals surface area contributed by atoms with Crippen LogP contribution in [0, 0.1) is 6.92 Å². The standard InChI is InChI=1S/C27H34ClN3O3SSi/c1-18-7-12-21(22(17-18)31-26(33)23-13-14-24(28)35-23)25(32)30-20-10-8-19(9-11-20)29-15-16-34-36(5,6)27(2,3)4/h7-14,17,29H,15-16H2,1-6H3,(H,30,32)(H,31,33). The maximum atomic E-state index is 13.0. The van der Waals surface area contributed by atoms with Crippen LogP contribution in [0.15, 0.2) is 54.6 Å². The summed E-state index contributed by atoms with van der Waals surface area (Å²) in [6.45, 7) is 14.4. The van der Waals surface area contributed by atoms with Gasteiger partial charge in [0.15, 0.2) is 8.32 Å². The summed E-state index contributed by atoms with van der Waals surface area (Å²) in [5.74, 6) is -0.613. The molecule has 2 amide bonds. The highest BCUT2D eigenvalue weighted by molar-refractivity contribution is 7.18. The molecule has 0 saturated carbocycles. The summed E-state index contributed by atoms with van der Waals surface area (Å²) in [6, 6.07) is 16.2. The third-order valence-electron chi connectivity index (χ3n) is 6.31. The second-order valence-electron chi connectivity index (χ2n) is 10.2. The van der Waals surface area contributed by atoms with Gasteiger partial charge in [0.05, 0.1) is 27.1 Å². The number of benzene rings is 2. The summed E-state index contributed by atoms with van der Waals surface area (Å²) in [6.07, 6.45) is 0. The second-order valence-corrected chi connectivity index (χ2v) is 16.7. The molecule has 192 valence electrons. The Kier molecular flexibility index (Phi) is 9.00.